The first-order valence-corrected chi connectivity index (χ1v) is 9.83. The topological polar surface area (TPSA) is 75.3 Å². The van der Waals surface area contributed by atoms with Gasteiger partial charge in [-0.1, -0.05) is 37.3 Å². The summed E-state index contributed by atoms with van der Waals surface area (Å²) in [4.78, 5) is 12.3. The zero-order valence-corrected chi connectivity index (χ0v) is 14.8. The molecular formula is C16H23ClN2O3S. The highest BCUT2D eigenvalue weighted by Crippen LogP contribution is 2.17. The third kappa shape index (κ3) is 5.48. The Labute approximate surface area is 142 Å². The molecule has 0 unspecified atom stereocenters. The second kappa shape index (κ2) is 8.13. The maximum Gasteiger partial charge on any atom is 0.241 e. The number of carbonyl (C=O) groups excluding carboxylic acids is 1. The average molecular weight is 359 g/mol. The summed E-state index contributed by atoms with van der Waals surface area (Å²) < 4.78 is 27.0. The summed E-state index contributed by atoms with van der Waals surface area (Å²) in [6, 6.07) is 5.17. The molecule has 23 heavy (non-hydrogen) atoms. The van der Waals surface area contributed by atoms with Gasteiger partial charge in [-0.05, 0) is 44.0 Å². The molecule has 1 aliphatic rings. The van der Waals surface area contributed by atoms with E-state index in [1.807, 2.05) is 0 Å². The van der Waals surface area contributed by atoms with E-state index in [2.05, 4.69) is 10.0 Å². The zero-order chi connectivity index (χ0) is 16.9. The van der Waals surface area contributed by atoms with Gasteiger partial charge in [-0.15, -0.1) is 0 Å². The van der Waals surface area contributed by atoms with Crippen molar-refractivity contribution < 1.29 is 13.2 Å². The molecule has 128 valence electrons. The lowest BCUT2D eigenvalue weighted by atomic mass is 10.1. The molecule has 2 N–H and O–H groups in total. The van der Waals surface area contributed by atoms with Crippen LogP contribution in [0.3, 0.4) is 0 Å². The van der Waals surface area contributed by atoms with Crippen LogP contribution in [0.2, 0.25) is 5.02 Å². The number of hydrogen-bond donors (Lipinski definition) is 2. The highest BCUT2D eigenvalue weighted by Gasteiger charge is 2.24. The summed E-state index contributed by atoms with van der Waals surface area (Å²) in [7, 11) is -3.74. The summed E-state index contributed by atoms with van der Waals surface area (Å²) in [6.45, 7) is 1.56. The van der Waals surface area contributed by atoms with Gasteiger partial charge in [0.25, 0.3) is 0 Å². The van der Waals surface area contributed by atoms with E-state index in [0.717, 1.165) is 25.7 Å². The Morgan fingerprint density at radius 3 is 2.26 bits per heavy atom. The van der Waals surface area contributed by atoms with Gasteiger partial charge in [0.2, 0.25) is 15.9 Å². The molecule has 0 radical (unpaired) electrons. The van der Waals surface area contributed by atoms with Gasteiger partial charge in [0.1, 0.15) is 0 Å². The number of carbonyl (C=O) groups is 1. The van der Waals surface area contributed by atoms with Crippen LogP contribution in [-0.4, -0.2) is 26.4 Å². The number of benzene rings is 1. The Balaban J connectivity index is 1.95. The van der Waals surface area contributed by atoms with E-state index in [1.165, 1.54) is 37.1 Å². The summed E-state index contributed by atoms with van der Waals surface area (Å²) in [5, 5.41) is 3.42. The highest BCUT2D eigenvalue weighted by atomic mass is 35.5. The third-order valence-electron chi connectivity index (χ3n) is 4.05. The van der Waals surface area contributed by atoms with Crippen LogP contribution in [0.1, 0.15) is 45.4 Å². The van der Waals surface area contributed by atoms with Crippen molar-refractivity contribution in [3.8, 4) is 0 Å². The molecule has 0 heterocycles. The fraction of sp³-hybridized carbons (Fsp3) is 0.562. The standard InChI is InChI=1S/C16H23ClN2O3S/c1-12(16(20)18-14-6-4-2-3-5-7-14)19-23(21,22)15-10-8-13(17)9-11-15/h8-12,14,19H,2-7H2,1H3,(H,18,20)/t12-/m1/s1. The van der Waals surface area contributed by atoms with E-state index in [4.69, 9.17) is 11.6 Å². The Morgan fingerprint density at radius 2 is 1.70 bits per heavy atom. The minimum Gasteiger partial charge on any atom is -0.352 e. The van der Waals surface area contributed by atoms with Crippen molar-refractivity contribution in [2.75, 3.05) is 0 Å². The van der Waals surface area contributed by atoms with Crippen molar-refractivity contribution in [1.29, 1.82) is 0 Å². The lowest BCUT2D eigenvalue weighted by molar-refractivity contribution is -0.123. The van der Waals surface area contributed by atoms with Crippen LogP contribution < -0.4 is 10.0 Å². The summed E-state index contributed by atoms with van der Waals surface area (Å²) in [5.41, 5.74) is 0. The summed E-state index contributed by atoms with van der Waals surface area (Å²) in [5.74, 6) is -0.283. The number of nitrogens with one attached hydrogen (secondary N) is 2. The van der Waals surface area contributed by atoms with Gasteiger partial charge in [0.05, 0.1) is 10.9 Å². The van der Waals surface area contributed by atoms with Gasteiger partial charge in [0.15, 0.2) is 0 Å². The van der Waals surface area contributed by atoms with E-state index < -0.39 is 16.1 Å². The minimum atomic E-state index is -3.74. The molecule has 0 aliphatic heterocycles. The van der Waals surface area contributed by atoms with Gasteiger partial charge in [-0.25, -0.2) is 8.42 Å². The van der Waals surface area contributed by atoms with Crippen LogP contribution in [0.4, 0.5) is 0 Å². The molecule has 1 amide bonds. The fourth-order valence-corrected chi connectivity index (χ4v) is 4.05. The van der Waals surface area contributed by atoms with Crippen molar-refractivity contribution >= 4 is 27.5 Å². The third-order valence-corrected chi connectivity index (χ3v) is 5.86. The molecule has 1 aromatic rings. The predicted molar refractivity (Wildman–Crippen MR) is 90.9 cm³/mol. The van der Waals surface area contributed by atoms with Crippen LogP contribution in [0.5, 0.6) is 0 Å². The molecule has 0 bridgehead atoms. The Kier molecular flexibility index (Phi) is 6.44. The van der Waals surface area contributed by atoms with Gasteiger partial charge < -0.3 is 5.32 Å². The lowest BCUT2D eigenvalue weighted by Gasteiger charge is -2.20. The molecule has 1 aliphatic carbocycles. The maximum atomic E-state index is 12.3. The Morgan fingerprint density at radius 1 is 1.13 bits per heavy atom. The lowest BCUT2D eigenvalue weighted by Crippen LogP contribution is -2.47. The van der Waals surface area contributed by atoms with Gasteiger partial charge >= 0.3 is 0 Å². The van der Waals surface area contributed by atoms with Crippen LogP contribution in [0.15, 0.2) is 29.2 Å². The van der Waals surface area contributed by atoms with E-state index >= 15 is 0 Å². The number of amides is 1. The average Bonchev–Trinajstić information content (AvgIpc) is 2.76. The molecule has 0 aromatic heterocycles. The predicted octanol–water partition coefficient (Wildman–Crippen LogP) is 2.85. The number of halogens is 1. The molecule has 1 fully saturated rings. The summed E-state index contributed by atoms with van der Waals surface area (Å²) in [6.07, 6.45) is 6.53. The normalized spacial score (nSPS) is 18.2. The molecule has 2 rings (SSSR count). The molecular weight excluding hydrogens is 336 g/mol. The van der Waals surface area contributed by atoms with Crippen LogP contribution >= 0.6 is 11.6 Å². The molecule has 0 spiro atoms. The Bertz CT molecular complexity index is 623. The van der Waals surface area contributed by atoms with Crippen LogP contribution in [0, 0.1) is 0 Å². The van der Waals surface area contributed by atoms with E-state index in [9.17, 15) is 13.2 Å². The molecule has 1 aromatic carbocycles. The maximum absolute atomic E-state index is 12.3. The largest absolute Gasteiger partial charge is 0.352 e. The molecule has 1 atom stereocenters. The smallest absolute Gasteiger partial charge is 0.241 e. The summed E-state index contributed by atoms with van der Waals surface area (Å²) >= 11 is 5.76. The molecule has 1 saturated carbocycles. The highest BCUT2D eigenvalue weighted by molar-refractivity contribution is 7.89. The second-order valence-corrected chi connectivity index (χ2v) is 8.14. The first kappa shape index (κ1) is 18.2. The van der Waals surface area contributed by atoms with Gasteiger partial charge in [-0.2, -0.15) is 4.72 Å². The monoisotopic (exact) mass is 358 g/mol. The van der Waals surface area contributed by atoms with Crippen molar-refractivity contribution in [1.82, 2.24) is 10.0 Å². The van der Waals surface area contributed by atoms with E-state index in [1.54, 1.807) is 6.92 Å². The number of hydrogen-bond acceptors (Lipinski definition) is 3. The van der Waals surface area contributed by atoms with Crippen molar-refractivity contribution in [2.24, 2.45) is 0 Å². The number of rotatable bonds is 5. The Hall–Kier alpha value is -1.11. The minimum absolute atomic E-state index is 0.0935. The zero-order valence-electron chi connectivity index (χ0n) is 13.2. The molecule has 5 nitrogen and oxygen atoms in total. The van der Waals surface area contributed by atoms with Crippen LogP contribution in [-0.2, 0) is 14.8 Å². The van der Waals surface area contributed by atoms with Crippen LogP contribution in [0.25, 0.3) is 0 Å². The SMILES string of the molecule is C[C@@H](NS(=O)(=O)c1ccc(Cl)cc1)C(=O)NC1CCCCCC1. The number of sulfonamides is 1. The fourth-order valence-electron chi connectivity index (χ4n) is 2.72. The van der Waals surface area contributed by atoms with Crippen molar-refractivity contribution in [3.05, 3.63) is 29.3 Å². The quantitative estimate of drug-likeness (QED) is 0.795. The second-order valence-electron chi connectivity index (χ2n) is 5.99. The van der Waals surface area contributed by atoms with Crippen molar-refractivity contribution in [2.45, 2.75) is 62.4 Å². The van der Waals surface area contributed by atoms with E-state index in [-0.39, 0.29) is 16.8 Å². The first-order chi connectivity index (χ1) is 10.9. The van der Waals surface area contributed by atoms with Gasteiger partial charge in [-0.3, -0.25) is 4.79 Å². The molecule has 7 heteroatoms. The van der Waals surface area contributed by atoms with Crippen molar-refractivity contribution in [3.63, 3.8) is 0 Å². The van der Waals surface area contributed by atoms with E-state index in [0.29, 0.717) is 5.02 Å². The van der Waals surface area contributed by atoms with Gasteiger partial charge in [0, 0.05) is 11.1 Å². The first-order valence-electron chi connectivity index (χ1n) is 7.97. The molecule has 0 saturated heterocycles.